The molecule has 0 aromatic heterocycles. The molecule has 0 bridgehead atoms. The van der Waals surface area contributed by atoms with Crippen molar-refractivity contribution >= 4 is 17.9 Å². The third-order valence-electron chi connectivity index (χ3n) is 4.98. The van der Waals surface area contributed by atoms with Crippen molar-refractivity contribution in [3.8, 4) is 0 Å². The van der Waals surface area contributed by atoms with Crippen molar-refractivity contribution in [1.82, 2.24) is 0 Å². The highest BCUT2D eigenvalue weighted by atomic mass is 16.6. The molecule has 0 aromatic carbocycles. The maximum absolute atomic E-state index is 12.4. The van der Waals surface area contributed by atoms with Gasteiger partial charge in [0, 0.05) is 16.7 Å². The van der Waals surface area contributed by atoms with Gasteiger partial charge in [-0.05, 0) is 33.8 Å². The summed E-state index contributed by atoms with van der Waals surface area (Å²) in [6, 6.07) is 0. The minimum atomic E-state index is -1.83. The van der Waals surface area contributed by atoms with Crippen molar-refractivity contribution in [2.24, 2.45) is 5.92 Å². The Bertz CT molecular complexity index is 734. The molecular weight excluding hydrogens is 356 g/mol. The zero-order chi connectivity index (χ0) is 20.7. The molecule has 27 heavy (non-hydrogen) atoms. The molecular formula is C19H24O8. The molecule has 8 heteroatoms. The van der Waals surface area contributed by atoms with E-state index >= 15 is 0 Å². The Balaban J connectivity index is 2.64. The van der Waals surface area contributed by atoms with Crippen molar-refractivity contribution in [3.05, 3.63) is 36.0 Å². The Morgan fingerprint density at radius 1 is 1.37 bits per heavy atom. The number of ether oxygens (including phenoxy) is 3. The minimum Gasteiger partial charge on any atom is -0.455 e. The molecule has 0 amide bonds. The van der Waals surface area contributed by atoms with Gasteiger partial charge in [0.05, 0.1) is 12.0 Å². The van der Waals surface area contributed by atoms with Gasteiger partial charge >= 0.3 is 17.9 Å². The van der Waals surface area contributed by atoms with Crippen LogP contribution in [0.4, 0.5) is 0 Å². The average molecular weight is 380 g/mol. The Morgan fingerprint density at radius 3 is 2.48 bits per heavy atom. The summed E-state index contributed by atoms with van der Waals surface area (Å²) in [5.74, 6) is -3.33. The van der Waals surface area contributed by atoms with Crippen LogP contribution in [-0.2, 0) is 28.6 Å². The number of carbonyl (C=O) groups is 3. The van der Waals surface area contributed by atoms with Gasteiger partial charge < -0.3 is 24.4 Å². The molecule has 0 aliphatic carbocycles. The molecule has 1 saturated heterocycles. The van der Waals surface area contributed by atoms with Crippen LogP contribution in [0.15, 0.2) is 36.0 Å². The van der Waals surface area contributed by atoms with E-state index in [4.69, 9.17) is 14.2 Å². The number of aliphatic hydroxyl groups is 2. The fourth-order valence-corrected chi connectivity index (χ4v) is 3.00. The van der Waals surface area contributed by atoms with E-state index in [-0.39, 0.29) is 16.7 Å². The smallest absolute Gasteiger partial charge is 0.334 e. The lowest BCUT2D eigenvalue weighted by Gasteiger charge is -2.41. The fourth-order valence-electron chi connectivity index (χ4n) is 3.00. The van der Waals surface area contributed by atoms with E-state index < -0.39 is 53.8 Å². The first-order chi connectivity index (χ1) is 12.4. The third kappa shape index (κ3) is 3.68. The number of rotatable bonds is 3. The summed E-state index contributed by atoms with van der Waals surface area (Å²) < 4.78 is 16.0. The van der Waals surface area contributed by atoms with Crippen LogP contribution in [0.3, 0.4) is 0 Å². The monoisotopic (exact) mass is 380 g/mol. The largest absolute Gasteiger partial charge is 0.455 e. The number of hydrogen-bond donors (Lipinski definition) is 2. The van der Waals surface area contributed by atoms with Crippen LogP contribution in [0.1, 0.15) is 27.7 Å². The summed E-state index contributed by atoms with van der Waals surface area (Å²) in [5, 5.41) is 21.2. The lowest BCUT2D eigenvalue weighted by molar-refractivity contribution is -0.208. The topological polar surface area (TPSA) is 119 Å². The van der Waals surface area contributed by atoms with Gasteiger partial charge in [-0.1, -0.05) is 13.2 Å². The van der Waals surface area contributed by atoms with E-state index in [1.165, 1.54) is 33.8 Å². The third-order valence-corrected chi connectivity index (χ3v) is 4.98. The first kappa shape index (κ1) is 20.9. The van der Waals surface area contributed by atoms with Crippen LogP contribution in [0.5, 0.6) is 0 Å². The van der Waals surface area contributed by atoms with Crippen LogP contribution in [0, 0.1) is 5.92 Å². The second-order valence-electron chi connectivity index (χ2n) is 7.12. The average Bonchev–Trinajstić information content (AvgIpc) is 2.85. The molecule has 2 heterocycles. The van der Waals surface area contributed by atoms with Gasteiger partial charge in [0.15, 0.2) is 5.60 Å². The van der Waals surface area contributed by atoms with Crippen LogP contribution >= 0.6 is 0 Å². The molecule has 6 unspecified atom stereocenters. The number of fused-ring (bicyclic) bond motifs is 1. The van der Waals surface area contributed by atoms with Gasteiger partial charge in [0.2, 0.25) is 0 Å². The van der Waals surface area contributed by atoms with Gasteiger partial charge in [-0.2, -0.15) is 0 Å². The molecule has 2 N–H and O–H groups in total. The highest BCUT2D eigenvalue weighted by Gasteiger charge is 2.55. The van der Waals surface area contributed by atoms with Crippen LogP contribution in [0.25, 0.3) is 0 Å². The Labute approximate surface area is 157 Å². The number of esters is 3. The zero-order valence-electron chi connectivity index (χ0n) is 15.7. The van der Waals surface area contributed by atoms with E-state index in [2.05, 4.69) is 13.2 Å². The van der Waals surface area contributed by atoms with E-state index in [1.807, 2.05) is 0 Å². The van der Waals surface area contributed by atoms with Crippen molar-refractivity contribution in [2.45, 2.75) is 57.7 Å². The van der Waals surface area contributed by atoms with Crippen molar-refractivity contribution in [1.29, 1.82) is 0 Å². The predicted molar refractivity (Wildman–Crippen MR) is 93.1 cm³/mol. The molecule has 1 fully saturated rings. The molecule has 2 rings (SSSR count). The molecule has 148 valence electrons. The predicted octanol–water partition coefficient (Wildman–Crippen LogP) is 0.576. The minimum absolute atomic E-state index is 0.0232. The summed E-state index contributed by atoms with van der Waals surface area (Å²) >= 11 is 0. The van der Waals surface area contributed by atoms with E-state index in [9.17, 15) is 24.6 Å². The van der Waals surface area contributed by atoms with Crippen molar-refractivity contribution < 1.29 is 38.8 Å². The van der Waals surface area contributed by atoms with E-state index in [0.29, 0.717) is 0 Å². The number of hydrogen-bond acceptors (Lipinski definition) is 8. The first-order valence-electron chi connectivity index (χ1n) is 8.44. The van der Waals surface area contributed by atoms with Crippen molar-refractivity contribution in [2.75, 3.05) is 0 Å². The summed E-state index contributed by atoms with van der Waals surface area (Å²) in [6.45, 7) is 12.7. The Hall–Kier alpha value is -2.45. The molecule has 2 aliphatic heterocycles. The molecule has 0 saturated carbocycles. The zero-order valence-corrected chi connectivity index (χ0v) is 15.7. The lowest BCUT2D eigenvalue weighted by atomic mass is 9.80. The summed E-state index contributed by atoms with van der Waals surface area (Å²) in [6.07, 6.45) is -4.02. The SMILES string of the molecule is C=C(C)C(=O)OC1C2C(=C)C(=O)OC2C=C(C)C(=O)OC(C)(C(C)O)C1O. The highest BCUT2D eigenvalue weighted by molar-refractivity contribution is 5.93. The molecule has 0 spiro atoms. The Kier molecular flexibility index (Phi) is 5.63. The molecule has 0 aromatic rings. The van der Waals surface area contributed by atoms with Gasteiger partial charge in [0.1, 0.15) is 18.3 Å². The second kappa shape index (κ2) is 7.28. The van der Waals surface area contributed by atoms with E-state index in [1.54, 1.807) is 0 Å². The van der Waals surface area contributed by atoms with E-state index in [0.717, 1.165) is 0 Å². The summed E-state index contributed by atoms with van der Waals surface area (Å²) in [4.78, 5) is 36.6. The summed E-state index contributed by atoms with van der Waals surface area (Å²) in [7, 11) is 0. The molecule has 6 atom stereocenters. The van der Waals surface area contributed by atoms with Crippen molar-refractivity contribution in [3.63, 3.8) is 0 Å². The maximum atomic E-state index is 12.4. The molecule has 8 nitrogen and oxygen atoms in total. The van der Waals surface area contributed by atoms with Crippen LogP contribution in [-0.4, -0.2) is 58.1 Å². The van der Waals surface area contributed by atoms with Gasteiger partial charge in [-0.25, -0.2) is 14.4 Å². The standard InChI is InChI=1S/C19H24O8/c1-8(2)16(22)26-14-13-10(4)18(24)25-12(13)7-9(3)17(23)27-19(6,11(5)20)15(14)21/h7,11-15,20-21H,1,4H2,2-3,5-6H3. The van der Waals surface area contributed by atoms with Gasteiger partial charge in [0.25, 0.3) is 0 Å². The maximum Gasteiger partial charge on any atom is 0.334 e. The van der Waals surface area contributed by atoms with Crippen LogP contribution in [0.2, 0.25) is 0 Å². The number of cyclic esters (lactones) is 1. The quantitative estimate of drug-likeness (QED) is 0.414. The lowest BCUT2D eigenvalue weighted by Crippen LogP contribution is -2.59. The van der Waals surface area contributed by atoms with Gasteiger partial charge in [-0.3, -0.25) is 0 Å². The molecule has 2 aliphatic rings. The fraction of sp³-hybridized carbons (Fsp3) is 0.526. The second-order valence-corrected chi connectivity index (χ2v) is 7.12. The first-order valence-corrected chi connectivity index (χ1v) is 8.44. The number of carbonyl (C=O) groups excluding carboxylic acids is 3. The van der Waals surface area contributed by atoms with Gasteiger partial charge in [-0.15, -0.1) is 0 Å². The Morgan fingerprint density at radius 2 is 1.96 bits per heavy atom. The molecule has 0 radical (unpaired) electrons. The van der Waals surface area contributed by atoms with Crippen LogP contribution < -0.4 is 0 Å². The highest BCUT2D eigenvalue weighted by Crippen LogP contribution is 2.39. The summed E-state index contributed by atoms with van der Waals surface area (Å²) in [5.41, 5.74) is -1.67. The normalized spacial score (nSPS) is 34.9. The number of aliphatic hydroxyl groups excluding tert-OH is 2.